The number of aromatic nitrogens is 3. The number of piperidine rings is 2. The number of hydrazine groups is 1. The molecule has 2 aliphatic rings. The summed E-state index contributed by atoms with van der Waals surface area (Å²) in [6, 6.07) is 0. The zero-order valence-electron chi connectivity index (χ0n) is 14.9. The second-order valence-electron chi connectivity index (χ2n) is 6.46. The first-order valence-corrected chi connectivity index (χ1v) is 9.73. The summed E-state index contributed by atoms with van der Waals surface area (Å²) in [7, 11) is 0. The predicted molar refractivity (Wildman–Crippen MR) is 105 cm³/mol. The number of thiocarbonyl (C=S) groups is 1. The van der Waals surface area contributed by atoms with Crippen molar-refractivity contribution >= 4 is 35.2 Å². The van der Waals surface area contributed by atoms with E-state index < -0.39 is 0 Å². The highest BCUT2D eigenvalue weighted by molar-refractivity contribution is 7.80. The Morgan fingerprint density at radius 2 is 1.40 bits per heavy atom. The molecule has 138 valence electrons. The second-order valence-corrected chi connectivity index (χ2v) is 6.87. The maximum atomic E-state index is 5.19. The summed E-state index contributed by atoms with van der Waals surface area (Å²) < 4.78 is 0. The van der Waals surface area contributed by atoms with Gasteiger partial charge in [0.2, 0.25) is 17.8 Å². The first-order valence-electron chi connectivity index (χ1n) is 9.32. The number of nitrogens with zero attached hydrogens (tertiary/aromatic N) is 5. The fourth-order valence-electron chi connectivity index (χ4n) is 3.20. The number of anilines is 3. The van der Waals surface area contributed by atoms with Crippen LogP contribution in [0.25, 0.3) is 0 Å². The molecule has 0 bridgehead atoms. The van der Waals surface area contributed by atoms with Crippen LogP contribution in [-0.4, -0.2) is 52.8 Å². The van der Waals surface area contributed by atoms with Crippen molar-refractivity contribution in [2.24, 2.45) is 0 Å². The Morgan fingerprint density at radius 3 is 1.88 bits per heavy atom. The summed E-state index contributed by atoms with van der Waals surface area (Å²) in [6.07, 6.45) is 7.33. The highest BCUT2D eigenvalue weighted by Crippen LogP contribution is 2.22. The average Bonchev–Trinajstić information content (AvgIpc) is 2.68. The zero-order chi connectivity index (χ0) is 17.5. The maximum absolute atomic E-state index is 5.19. The van der Waals surface area contributed by atoms with E-state index in [4.69, 9.17) is 17.2 Å². The summed E-state index contributed by atoms with van der Waals surface area (Å²) in [4.78, 5) is 18.5. The van der Waals surface area contributed by atoms with Crippen LogP contribution >= 0.6 is 12.2 Å². The lowest BCUT2D eigenvalue weighted by Crippen LogP contribution is -2.40. The summed E-state index contributed by atoms with van der Waals surface area (Å²) in [5.41, 5.74) is 5.96. The Balaban J connectivity index is 1.78. The molecule has 2 aliphatic heterocycles. The molecule has 0 saturated carbocycles. The van der Waals surface area contributed by atoms with Crippen molar-refractivity contribution in [2.75, 3.05) is 47.9 Å². The molecule has 1 aromatic rings. The van der Waals surface area contributed by atoms with E-state index in [0.717, 1.165) is 44.6 Å². The molecular weight excluding hydrogens is 336 g/mol. The summed E-state index contributed by atoms with van der Waals surface area (Å²) >= 11 is 5.19. The number of hydrogen-bond acceptors (Lipinski definition) is 7. The third-order valence-corrected chi connectivity index (χ3v) is 4.76. The van der Waals surface area contributed by atoms with Crippen molar-refractivity contribution in [3.8, 4) is 0 Å². The van der Waals surface area contributed by atoms with Crippen LogP contribution in [0.15, 0.2) is 0 Å². The monoisotopic (exact) mass is 364 g/mol. The van der Waals surface area contributed by atoms with E-state index in [1.807, 2.05) is 6.92 Å². The fourth-order valence-corrected chi connectivity index (χ4v) is 3.39. The molecule has 8 nitrogen and oxygen atoms in total. The molecule has 0 radical (unpaired) electrons. The van der Waals surface area contributed by atoms with Gasteiger partial charge in [-0.15, -0.1) is 0 Å². The Labute approximate surface area is 154 Å². The first-order chi connectivity index (χ1) is 12.3. The molecular formula is C16H28N8S. The van der Waals surface area contributed by atoms with Gasteiger partial charge in [-0.1, -0.05) is 0 Å². The van der Waals surface area contributed by atoms with Crippen LogP contribution in [-0.2, 0) is 0 Å². The molecule has 0 unspecified atom stereocenters. The van der Waals surface area contributed by atoms with Gasteiger partial charge in [-0.3, -0.25) is 10.9 Å². The minimum absolute atomic E-state index is 0.511. The van der Waals surface area contributed by atoms with Gasteiger partial charge in [0, 0.05) is 32.7 Å². The Bertz CT molecular complexity index is 533. The van der Waals surface area contributed by atoms with E-state index in [1.165, 1.54) is 38.5 Å². The number of rotatable bonds is 5. The molecule has 0 aliphatic carbocycles. The van der Waals surface area contributed by atoms with Gasteiger partial charge < -0.3 is 15.1 Å². The van der Waals surface area contributed by atoms with Crippen LogP contribution in [0.4, 0.5) is 17.8 Å². The van der Waals surface area contributed by atoms with Crippen LogP contribution in [0.3, 0.4) is 0 Å². The highest BCUT2D eigenvalue weighted by Gasteiger charge is 2.20. The second kappa shape index (κ2) is 8.98. The van der Waals surface area contributed by atoms with Gasteiger partial charge in [0.05, 0.1) is 0 Å². The van der Waals surface area contributed by atoms with E-state index in [-0.39, 0.29) is 0 Å². The lowest BCUT2D eigenvalue weighted by Gasteiger charge is -2.30. The normalized spacial score (nSPS) is 18.0. The van der Waals surface area contributed by atoms with Crippen LogP contribution in [0.5, 0.6) is 0 Å². The molecule has 25 heavy (non-hydrogen) atoms. The van der Waals surface area contributed by atoms with Gasteiger partial charge in [-0.2, -0.15) is 15.0 Å². The molecule has 3 heterocycles. The predicted octanol–water partition coefficient (Wildman–Crippen LogP) is 1.66. The molecule has 1 aromatic heterocycles. The highest BCUT2D eigenvalue weighted by atomic mass is 32.1. The van der Waals surface area contributed by atoms with Crippen molar-refractivity contribution in [1.82, 2.24) is 25.7 Å². The van der Waals surface area contributed by atoms with E-state index in [2.05, 4.69) is 35.9 Å². The quantitative estimate of drug-likeness (QED) is 0.534. The Morgan fingerprint density at radius 1 is 0.880 bits per heavy atom. The molecule has 0 spiro atoms. The lowest BCUT2D eigenvalue weighted by molar-refractivity contribution is 0.556. The zero-order valence-corrected chi connectivity index (χ0v) is 15.7. The molecule has 9 heteroatoms. The minimum atomic E-state index is 0.511. The first kappa shape index (κ1) is 17.9. The van der Waals surface area contributed by atoms with Crippen molar-refractivity contribution in [3.63, 3.8) is 0 Å². The van der Waals surface area contributed by atoms with Crippen molar-refractivity contribution in [1.29, 1.82) is 0 Å². The Kier molecular flexibility index (Phi) is 6.43. The molecule has 3 rings (SSSR count). The fraction of sp³-hybridized carbons (Fsp3) is 0.750. The molecule has 2 saturated heterocycles. The van der Waals surface area contributed by atoms with Crippen LogP contribution in [0.1, 0.15) is 45.4 Å². The molecule has 2 fully saturated rings. The topological polar surface area (TPSA) is 81.2 Å². The molecule has 0 aromatic carbocycles. The van der Waals surface area contributed by atoms with Crippen LogP contribution in [0.2, 0.25) is 0 Å². The maximum Gasteiger partial charge on any atom is 0.248 e. The smallest absolute Gasteiger partial charge is 0.248 e. The third-order valence-electron chi connectivity index (χ3n) is 4.51. The van der Waals surface area contributed by atoms with Crippen LogP contribution < -0.4 is 26.0 Å². The Hall–Kier alpha value is -1.90. The summed E-state index contributed by atoms with van der Waals surface area (Å²) in [6.45, 7) is 6.79. The molecule has 0 amide bonds. The van der Waals surface area contributed by atoms with E-state index in [9.17, 15) is 0 Å². The van der Waals surface area contributed by atoms with Gasteiger partial charge in [0.1, 0.15) is 0 Å². The van der Waals surface area contributed by atoms with E-state index in [0.29, 0.717) is 11.1 Å². The summed E-state index contributed by atoms with van der Waals surface area (Å²) in [5.74, 6) is 2.03. The largest absolute Gasteiger partial charge is 0.362 e. The third kappa shape index (κ3) is 5.04. The average molecular weight is 365 g/mol. The van der Waals surface area contributed by atoms with Gasteiger partial charge in [-0.25, -0.2) is 0 Å². The van der Waals surface area contributed by atoms with Gasteiger partial charge >= 0.3 is 0 Å². The van der Waals surface area contributed by atoms with E-state index in [1.54, 1.807) is 0 Å². The van der Waals surface area contributed by atoms with Gasteiger partial charge in [0.25, 0.3) is 0 Å². The van der Waals surface area contributed by atoms with Crippen molar-refractivity contribution < 1.29 is 0 Å². The van der Waals surface area contributed by atoms with Crippen LogP contribution in [0, 0.1) is 0 Å². The lowest BCUT2D eigenvalue weighted by atomic mass is 10.1. The summed E-state index contributed by atoms with van der Waals surface area (Å²) in [5, 5.41) is 3.57. The molecule has 3 N–H and O–H groups in total. The molecule has 0 atom stereocenters. The minimum Gasteiger partial charge on any atom is -0.362 e. The van der Waals surface area contributed by atoms with E-state index >= 15 is 0 Å². The number of hydrogen-bond donors (Lipinski definition) is 3. The van der Waals surface area contributed by atoms with Gasteiger partial charge in [0.15, 0.2) is 5.11 Å². The van der Waals surface area contributed by atoms with Crippen molar-refractivity contribution in [3.05, 3.63) is 0 Å². The van der Waals surface area contributed by atoms with Crippen molar-refractivity contribution in [2.45, 2.75) is 45.4 Å². The standard InChI is InChI=1S/C16H28N8S/c1-2-17-16(25)22-21-13-18-14(23-9-5-3-6-10-23)20-15(19-13)24-11-7-4-8-12-24/h2-12H2,1H3,(H2,17,22,25)(H,18,19,20,21). The SMILES string of the molecule is CCNC(=S)NNc1nc(N2CCCCC2)nc(N2CCCCC2)n1. The number of nitrogens with one attached hydrogen (secondary N) is 3. The van der Waals surface area contributed by atoms with Gasteiger partial charge in [-0.05, 0) is 57.7 Å².